The quantitative estimate of drug-likeness (QED) is 0.474. The number of thioether (sulfide) groups is 1. The molecule has 9 heteroatoms. The van der Waals surface area contributed by atoms with Crippen molar-refractivity contribution in [1.29, 1.82) is 0 Å². The van der Waals surface area contributed by atoms with Crippen LogP contribution in [0.25, 0.3) is 0 Å². The molecule has 132 valence electrons. The molecule has 1 saturated carbocycles. The summed E-state index contributed by atoms with van der Waals surface area (Å²) in [5.41, 5.74) is 5.78. The molecule has 2 aromatic rings. The van der Waals surface area contributed by atoms with Gasteiger partial charge < -0.3 is 10.2 Å². The summed E-state index contributed by atoms with van der Waals surface area (Å²) in [4.78, 5) is 21.8. The van der Waals surface area contributed by atoms with Gasteiger partial charge in [-0.25, -0.2) is 0 Å². The molecule has 0 spiro atoms. The molecule has 25 heavy (non-hydrogen) atoms. The van der Waals surface area contributed by atoms with Gasteiger partial charge in [-0.2, -0.15) is 0 Å². The number of benzene rings is 1. The predicted molar refractivity (Wildman–Crippen MR) is 91.3 cm³/mol. The molecule has 2 N–H and O–H groups in total. The Kier molecular flexibility index (Phi) is 5.32. The second-order valence-electron chi connectivity index (χ2n) is 6.04. The largest absolute Gasteiger partial charge is 0.416 e. The van der Waals surface area contributed by atoms with Crippen LogP contribution in [0.15, 0.2) is 27.8 Å². The van der Waals surface area contributed by atoms with E-state index < -0.39 is 10.8 Å². The number of nitro groups is 1. The number of primary amides is 1. The zero-order valence-electron chi connectivity index (χ0n) is 13.5. The van der Waals surface area contributed by atoms with E-state index in [1.165, 1.54) is 43.2 Å². The molecule has 1 aliphatic carbocycles. The Morgan fingerprint density at radius 1 is 1.28 bits per heavy atom. The van der Waals surface area contributed by atoms with Crippen molar-refractivity contribution in [3.63, 3.8) is 0 Å². The number of hydrogen-bond donors (Lipinski definition) is 1. The normalized spacial score (nSPS) is 15.2. The molecular weight excluding hydrogens is 344 g/mol. The topological polar surface area (TPSA) is 125 Å². The van der Waals surface area contributed by atoms with Gasteiger partial charge in [0.1, 0.15) is 0 Å². The number of nitrogens with zero attached hydrogens (tertiary/aromatic N) is 3. The SMILES string of the molecule is NC(=O)c1cc(CSc2nnc(C3CCCCC3)o2)cc([N+](=O)[O-])c1. The summed E-state index contributed by atoms with van der Waals surface area (Å²) < 4.78 is 5.72. The van der Waals surface area contributed by atoms with E-state index in [2.05, 4.69) is 10.2 Å². The first kappa shape index (κ1) is 17.4. The number of nitrogens with two attached hydrogens (primary N) is 1. The van der Waals surface area contributed by atoms with E-state index >= 15 is 0 Å². The van der Waals surface area contributed by atoms with Gasteiger partial charge in [0.2, 0.25) is 11.8 Å². The number of carbonyl (C=O) groups excluding carboxylic acids is 1. The lowest BCUT2D eigenvalue weighted by molar-refractivity contribution is -0.384. The lowest BCUT2D eigenvalue weighted by Gasteiger charge is -2.17. The zero-order valence-corrected chi connectivity index (χ0v) is 14.3. The highest BCUT2D eigenvalue weighted by atomic mass is 32.2. The highest BCUT2D eigenvalue weighted by Gasteiger charge is 2.21. The number of carbonyl (C=O) groups is 1. The van der Waals surface area contributed by atoms with Gasteiger partial charge in [-0.05, 0) is 24.5 Å². The smallest absolute Gasteiger partial charge is 0.276 e. The average Bonchev–Trinajstić information content (AvgIpc) is 3.09. The molecule has 0 aliphatic heterocycles. The lowest BCUT2D eigenvalue weighted by Crippen LogP contribution is -2.11. The van der Waals surface area contributed by atoms with Crippen LogP contribution in [0, 0.1) is 10.1 Å². The summed E-state index contributed by atoms with van der Waals surface area (Å²) in [6.07, 6.45) is 5.75. The van der Waals surface area contributed by atoms with Gasteiger partial charge in [0.15, 0.2) is 0 Å². The molecule has 1 aromatic carbocycles. The summed E-state index contributed by atoms with van der Waals surface area (Å²) in [5, 5.41) is 19.6. The Morgan fingerprint density at radius 2 is 2.04 bits per heavy atom. The predicted octanol–water partition coefficient (Wildman–Crippen LogP) is 3.42. The molecule has 3 rings (SSSR count). The van der Waals surface area contributed by atoms with Gasteiger partial charge in [-0.1, -0.05) is 31.0 Å². The van der Waals surface area contributed by atoms with Crippen molar-refractivity contribution in [3.05, 3.63) is 45.3 Å². The van der Waals surface area contributed by atoms with Crippen molar-refractivity contribution >= 4 is 23.4 Å². The number of amides is 1. The van der Waals surface area contributed by atoms with Gasteiger partial charge >= 0.3 is 0 Å². The van der Waals surface area contributed by atoms with E-state index in [1.54, 1.807) is 6.07 Å². The maximum Gasteiger partial charge on any atom is 0.276 e. The van der Waals surface area contributed by atoms with Crippen LogP contribution in [-0.2, 0) is 5.75 Å². The Labute approximate surface area is 148 Å². The highest BCUT2D eigenvalue weighted by Crippen LogP contribution is 2.33. The molecule has 0 radical (unpaired) electrons. The maximum atomic E-state index is 11.3. The summed E-state index contributed by atoms with van der Waals surface area (Å²) >= 11 is 1.28. The molecule has 8 nitrogen and oxygen atoms in total. The van der Waals surface area contributed by atoms with Crippen molar-refractivity contribution in [3.8, 4) is 0 Å². The van der Waals surface area contributed by atoms with Crippen molar-refractivity contribution < 1.29 is 14.1 Å². The summed E-state index contributed by atoms with van der Waals surface area (Å²) in [6, 6.07) is 4.13. The molecule has 1 fully saturated rings. The van der Waals surface area contributed by atoms with Gasteiger partial charge in [0.25, 0.3) is 10.9 Å². The third-order valence-corrected chi connectivity index (χ3v) is 5.10. The van der Waals surface area contributed by atoms with Crippen LogP contribution in [0.1, 0.15) is 59.8 Å². The minimum absolute atomic E-state index is 0.109. The molecule has 1 heterocycles. The first-order valence-electron chi connectivity index (χ1n) is 8.07. The first-order valence-corrected chi connectivity index (χ1v) is 9.06. The molecule has 1 aliphatic rings. The second kappa shape index (κ2) is 7.64. The number of rotatable bonds is 6. The van der Waals surface area contributed by atoms with Crippen LogP contribution in [-0.4, -0.2) is 21.0 Å². The second-order valence-corrected chi connectivity index (χ2v) is 6.97. The van der Waals surface area contributed by atoms with Crippen LogP contribution in [0.2, 0.25) is 0 Å². The Balaban J connectivity index is 1.70. The van der Waals surface area contributed by atoms with E-state index in [9.17, 15) is 14.9 Å². The molecule has 1 amide bonds. The minimum atomic E-state index is -0.702. The van der Waals surface area contributed by atoms with Crippen LogP contribution < -0.4 is 5.73 Å². The Bertz CT molecular complexity index is 754. The van der Waals surface area contributed by atoms with Crippen LogP contribution in [0.3, 0.4) is 0 Å². The summed E-state index contributed by atoms with van der Waals surface area (Å²) in [5.74, 6) is 0.662. The van der Waals surface area contributed by atoms with Crippen LogP contribution in [0.5, 0.6) is 0 Å². The minimum Gasteiger partial charge on any atom is -0.416 e. The van der Waals surface area contributed by atoms with E-state index in [-0.39, 0.29) is 11.3 Å². The third-order valence-electron chi connectivity index (χ3n) is 4.21. The van der Waals surface area contributed by atoms with Gasteiger partial charge in [-0.3, -0.25) is 14.9 Å². The standard InChI is InChI=1S/C16H18N4O4S/c17-14(21)12-6-10(7-13(8-12)20(22)23)9-25-16-19-18-15(24-16)11-4-2-1-3-5-11/h6-8,11H,1-5,9H2,(H2,17,21). The Morgan fingerprint density at radius 3 is 2.72 bits per heavy atom. The molecule has 0 atom stereocenters. The Hall–Kier alpha value is -2.42. The molecular formula is C16H18N4O4S. The highest BCUT2D eigenvalue weighted by molar-refractivity contribution is 7.98. The van der Waals surface area contributed by atoms with Crippen LogP contribution in [0.4, 0.5) is 5.69 Å². The number of nitro benzene ring substituents is 1. The van der Waals surface area contributed by atoms with Crippen LogP contribution >= 0.6 is 11.8 Å². The average molecular weight is 362 g/mol. The van der Waals surface area contributed by atoms with E-state index in [4.69, 9.17) is 10.2 Å². The number of non-ortho nitro benzene ring substituents is 1. The fourth-order valence-corrected chi connectivity index (χ4v) is 3.64. The van der Waals surface area contributed by atoms with Gasteiger partial charge in [-0.15, -0.1) is 10.2 Å². The number of aromatic nitrogens is 2. The zero-order chi connectivity index (χ0) is 17.8. The fourth-order valence-electron chi connectivity index (χ4n) is 2.94. The monoisotopic (exact) mass is 362 g/mol. The fraction of sp³-hybridized carbons (Fsp3) is 0.438. The number of hydrogen-bond acceptors (Lipinski definition) is 7. The van der Waals surface area contributed by atoms with E-state index in [0.29, 0.717) is 28.3 Å². The van der Waals surface area contributed by atoms with Crippen molar-refractivity contribution in [1.82, 2.24) is 10.2 Å². The van der Waals surface area contributed by atoms with Gasteiger partial charge in [0.05, 0.1) is 4.92 Å². The molecule has 0 unspecified atom stereocenters. The molecule has 0 saturated heterocycles. The maximum absolute atomic E-state index is 11.3. The summed E-state index contributed by atoms with van der Waals surface area (Å²) in [6.45, 7) is 0. The van der Waals surface area contributed by atoms with Gasteiger partial charge in [0, 0.05) is 29.4 Å². The van der Waals surface area contributed by atoms with E-state index in [0.717, 1.165) is 12.8 Å². The van der Waals surface area contributed by atoms with Crippen molar-refractivity contribution in [2.75, 3.05) is 0 Å². The molecule has 0 bridgehead atoms. The first-order chi connectivity index (χ1) is 12.0. The van der Waals surface area contributed by atoms with Crippen molar-refractivity contribution in [2.24, 2.45) is 5.73 Å². The summed E-state index contributed by atoms with van der Waals surface area (Å²) in [7, 11) is 0. The third kappa shape index (κ3) is 4.36. The molecule has 1 aromatic heterocycles. The van der Waals surface area contributed by atoms with Crippen molar-refractivity contribution in [2.45, 2.75) is 49.0 Å². The van der Waals surface area contributed by atoms with E-state index in [1.807, 2.05) is 0 Å². The lowest BCUT2D eigenvalue weighted by atomic mass is 9.89.